The molecule has 0 bridgehead atoms. The minimum Gasteiger partial charge on any atom is -0.466 e. The van der Waals surface area contributed by atoms with Crippen LogP contribution in [0.1, 0.15) is 44.5 Å². The monoisotopic (exact) mass is 255 g/mol. The molecule has 0 radical (unpaired) electrons. The van der Waals surface area contributed by atoms with E-state index in [4.69, 9.17) is 4.74 Å². The van der Waals surface area contributed by atoms with Crippen molar-refractivity contribution < 1.29 is 4.74 Å². The molecule has 1 saturated carbocycles. The van der Waals surface area contributed by atoms with Gasteiger partial charge >= 0.3 is 0 Å². The lowest BCUT2D eigenvalue weighted by atomic mass is 9.89. The average Bonchev–Trinajstić information content (AvgIpc) is 2.77. The number of nitrogens with zero attached hydrogens (tertiary/aromatic N) is 2. The topological polar surface area (TPSA) is 47.0 Å². The van der Waals surface area contributed by atoms with Gasteiger partial charge in [-0.1, -0.05) is 30.3 Å². The Morgan fingerprint density at radius 1 is 1.29 bits per heavy atom. The van der Waals surface area contributed by atoms with Gasteiger partial charge in [-0.15, -0.1) is 5.10 Å². The lowest BCUT2D eigenvalue weighted by Gasteiger charge is -2.25. The molecule has 96 valence electrons. The van der Waals surface area contributed by atoms with Crippen molar-refractivity contribution in [3.63, 3.8) is 0 Å². The van der Waals surface area contributed by atoms with Crippen LogP contribution in [0.4, 0.5) is 0 Å². The predicted octanol–water partition coefficient (Wildman–Crippen LogP) is 2.61. The highest BCUT2D eigenvalue weighted by molar-refractivity contribution is 7.13. The lowest BCUT2D eigenvalue weighted by Crippen LogP contribution is -2.22. The first-order chi connectivity index (χ1) is 8.28. The summed E-state index contributed by atoms with van der Waals surface area (Å²) in [4.78, 5) is 0. The van der Waals surface area contributed by atoms with Gasteiger partial charge in [0.05, 0.1) is 0 Å². The van der Waals surface area contributed by atoms with E-state index >= 15 is 0 Å². The summed E-state index contributed by atoms with van der Waals surface area (Å²) in [6.45, 7) is 6.15. The van der Waals surface area contributed by atoms with Crippen LogP contribution in [0.2, 0.25) is 0 Å². The normalized spacial score (nSPS) is 24.8. The summed E-state index contributed by atoms with van der Waals surface area (Å²) < 4.78 is 5.88. The van der Waals surface area contributed by atoms with Crippen molar-refractivity contribution in [3.05, 3.63) is 5.01 Å². The van der Waals surface area contributed by atoms with Gasteiger partial charge in [-0.05, 0) is 38.1 Å². The van der Waals surface area contributed by atoms with Gasteiger partial charge in [0, 0.05) is 6.54 Å². The van der Waals surface area contributed by atoms with Crippen molar-refractivity contribution in [1.82, 2.24) is 15.5 Å². The van der Waals surface area contributed by atoms with Crippen LogP contribution in [0.3, 0.4) is 0 Å². The number of ether oxygens (including phenoxy) is 1. The van der Waals surface area contributed by atoms with E-state index in [-0.39, 0.29) is 0 Å². The van der Waals surface area contributed by atoms with Crippen molar-refractivity contribution in [1.29, 1.82) is 0 Å². The molecular weight excluding hydrogens is 234 g/mol. The zero-order chi connectivity index (χ0) is 12.1. The number of aromatic nitrogens is 2. The maximum atomic E-state index is 5.88. The lowest BCUT2D eigenvalue weighted by molar-refractivity contribution is 0.134. The van der Waals surface area contributed by atoms with E-state index in [0.717, 1.165) is 42.1 Å². The molecule has 0 aromatic carbocycles. The van der Waals surface area contributed by atoms with Gasteiger partial charge in [0.25, 0.3) is 5.19 Å². The Morgan fingerprint density at radius 3 is 2.76 bits per heavy atom. The zero-order valence-corrected chi connectivity index (χ0v) is 11.4. The summed E-state index contributed by atoms with van der Waals surface area (Å²) in [5, 5.41) is 13.2. The van der Waals surface area contributed by atoms with Gasteiger partial charge in [0.1, 0.15) is 11.1 Å². The van der Waals surface area contributed by atoms with Crippen LogP contribution in [0.15, 0.2) is 0 Å². The molecule has 17 heavy (non-hydrogen) atoms. The Hall–Kier alpha value is -0.680. The summed E-state index contributed by atoms with van der Waals surface area (Å²) in [5.41, 5.74) is 0. The summed E-state index contributed by atoms with van der Waals surface area (Å²) >= 11 is 1.56. The molecule has 1 aliphatic carbocycles. The highest BCUT2D eigenvalue weighted by Gasteiger charge is 2.20. The molecule has 2 rings (SSSR count). The van der Waals surface area contributed by atoms with Crippen LogP contribution in [-0.2, 0) is 6.54 Å². The fourth-order valence-corrected chi connectivity index (χ4v) is 2.80. The van der Waals surface area contributed by atoms with Gasteiger partial charge < -0.3 is 10.1 Å². The Bertz CT molecular complexity index is 334. The van der Waals surface area contributed by atoms with Crippen LogP contribution in [0.5, 0.6) is 5.19 Å². The average molecular weight is 255 g/mol. The number of hydrogen-bond acceptors (Lipinski definition) is 5. The molecule has 1 aliphatic rings. The van der Waals surface area contributed by atoms with Crippen LogP contribution >= 0.6 is 11.3 Å². The second kappa shape index (κ2) is 6.31. The third-order valence-electron chi connectivity index (χ3n) is 3.20. The molecule has 1 heterocycles. The molecule has 1 N–H and O–H groups in total. The Balaban J connectivity index is 1.80. The van der Waals surface area contributed by atoms with Gasteiger partial charge in [-0.25, -0.2) is 0 Å². The van der Waals surface area contributed by atoms with E-state index in [0.29, 0.717) is 6.10 Å². The highest BCUT2D eigenvalue weighted by atomic mass is 32.1. The molecule has 0 amide bonds. The van der Waals surface area contributed by atoms with Gasteiger partial charge in [-0.3, -0.25) is 0 Å². The SMILES string of the molecule is CCNCc1nnc(OC2CCC(C)CC2)s1. The number of rotatable bonds is 5. The molecule has 1 aromatic rings. The summed E-state index contributed by atoms with van der Waals surface area (Å²) in [5.74, 6) is 0.855. The molecule has 0 aliphatic heterocycles. The minimum absolute atomic E-state index is 0.353. The standard InChI is InChI=1S/C12H21N3OS/c1-3-13-8-11-14-15-12(17-11)16-10-6-4-9(2)5-7-10/h9-10,13H,3-8H2,1-2H3. The van der Waals surface area contributed by atoms with E-state index in [1.807, 2.05) is 0 Å². The van der Waals surface area contributed by atoms with Crippen molar-refractivity contribution in [2.24, 2.45) is 5.92 Å². The quantitative estimate of drug-likeness (QED) is 0.878. The molecule has 1 aromatic heterocycles. The number of hydrogen-bond donors (Lipinski definition) is 1. The second-order valence-electron chi connectivity index (χ2n) is 4.74. The zero-order valence-electron chi connectivity index (χ0n) is 10.6. The van der Waals surface area contributed by atoms with Crippen molar-refractivity contribution in [2.75, 3.05) is 6.54 Å². The second-order valence-corrected chi connectivity index (χ2v) is 5.77. The third kappa shape index (κ3) is 3.92. The molecule has 0 saturated heterocycles. The van der Waals surface area contributed by atoms with Crippen molar-refractivity contribution in [2.45, 2.75) is 52.2 Å². The van der Waals surface area contributed by atoms with E-state index in [1.165, 1.54) is 12.8 Å². The van der Waals surface area contributed by atoms with Crippen LogP contribution in [0, 0.1) is 5.92 Å². The first kappa shape index (κ1) is 12.8. The van der Waals surface area contributed by atoms with Crippen LogP contribution in [-0.4, -0.2) is 22.8 Å². The van der Waals surface area contributed by atoms with Crippen molar-refractivity contribution in [3.8, 4) is 5.19 Å². The molecule has 4 nitrogen and oxygen atoms in total. The Labute approximate surface area is 107 Å². The van der Waals surface area contributed by atoms with Gasteiger partial charge in [-0.2, -0.15) is 0 Å². The molecule has 0 atom stereocenters. The smallest absolute Gasteiger partial charge is 0.294 e. The largest absolute Gasteiger partial charge is 0.466 e. The van der Waals surface area contributed by atoms with Crippen LogP contribution < -0.4 is 10.1 Å². The highest BCUT2D eigenvalue weighted by Crippen LogP contribution is 2.28. The maximum Gasteiger partial charge on any atom is 0.294 e. The number of nitrogens with one attached hydrogen (secondary N) is 1. The van der Waals surface area contributed by atoms with E-state index in [2.05, 4.69) is 29.4 Å². The Morgan fingerprint density at radius 2 is 2.06 bits per heavy atom. The molecular formula is C12H21N3OS. The molecule has 5 heteroatoms. The van der Waals surface area contributed by atoms with Crippen molar-refractivity contribution >= 4 is 11.3 Å². The van der Waals surface area contributed by atoms with E-state index in [9.17, 15) is 0 Å². The van der Waals surface area contributed by atoms with Gasteiger partial charge in [0.15, 0.2) is 0 Å². The van der Waals surface area contributed by atoms with E-state index < -0.39 is 0 Å². The van der Waals surface area contributed by atoms with Gasteiger partial charge in [0.2, 0.25) is 0 Å². The Kier molecular flexibility index (Phi) is 4.74. The summed E-state index contributed by atoms with van der Waals surface area (Å²) in [6, 6.07) is 0. The van der Waals surface area contributed by atoms with E-state index in [1.54, 1.807) is 11.3 Å². The third-order valence-corrected chi connectivity index (χ3v) is 4.02. The summed E-state index contributed by atoms with van der Waals surface area (Å²) in [6.07, 6.45) is 5.21. The first-order valence-electron chi connectivity index (χ1n) is 6.47. The predicted molar refractivity (Wildman–Crippen MR) is 69.3 cm³/mol. The fraction of sp³-hybridized carbons (Fsp3) is 0.833. The minimum atomic E-state index is 0.353. The molecule has 1 fully saturated rings. The van der Waals surface area contributed by atoms with Crippen LogP contribution in [0.25, 0.3) is 0 Å². The fourth-order valence-electron chi connectivity index (χ4n) is 2.08. The molecule has 0 spiro atoms. The molecule has 0 unspecified atom stereocenters. The maximum absolute atomic E-state index is 5.88. The first-order valence-corrected chi connectivity index (χ1v) is 7.29. The summed E-state index contributed by atoms with van der Waals surface area (Å²) in [7, 11) is 0.